The number of benzene rings is 2. The number of hydrogen-bond acceptors (Lipinski definition) is 4. The lowest BCUT2D eigenvalue weighted by Gasteiger charge is -2.39. The smallest absolute Gasteiger partial charge is 0.229 e. The number of carbonyl (C=O) groups is 1. The van der Waals surface area contributed by atoms with Crippen LogP contribution in [0.2, 0.25) is 5.02 Å². The molecule has 0 saturated carbocycles. The molecule has 1 aliphatic rings. The third-order valence-corrected chi connectivity index (χ3v) is 5.66. The first-order valence-corrected chi connectivity index (χ1v) is 10.4. The quantitative estimate of drug-likeness (QED) is 0.741. The van der Waals surface area contributed by atoms with Crippen molar-refractivity contribution in [2.45, 2.75) is 39.3 Å². The lowest BCUT2D eigenvalue weighted by Crippen LogP contribution is -2.48. The largest absolute Gasteiger partial charge is 0.508 e. The number of amides is 1. The summed E-state index contributed by atoms with van der Waals surface area (Å²) in [6.07, 6.45) is 1.74. The molecule has 6 heteroatoms. The lowest BCUT2D eigenvalue weighted by atomic mass is 9.99. The monoisotopic (exact) mass is 416 g/mol. The third-order valence-electron chi connectivity index (χ3n) is 5.42. The normalized spacial score (nSPS) is 15.5. The first kappa shape index (κ1) is 21.5. The number of nitrogens with zero attached hydrogens (tertiary/aromatic N) is 2. The van der Waals surface area contributed by atoms with Gasteiger partial charge in [0.2, 0.25) is 5.91 Å². The Morgan fingerprint density at radius 3 is 2.62 bits per heavy atom. The highest BCUT2D eigenvalue weighted by atomic mass is 35.5. The van der Waals surface area contributed by atoms with Gasteiger partial charge in [-0.3, -0.25) is 9.69 Å². The van der Waals surface area contributed by atoms with Crippen molar-refractivity contribution < 1.29 is 14.6 Å². The Labute approximate surface area is 177 Å². The topological polar surface area (TPSA) is 53.0 Å². The average Bonchev–Trinajstić information content (AvgIpc) is 2.72. The first-order valence-electron chi connectivity index (χ1n) is 10.1. The number of carbonyl (C=O) groups excluding carboxylic acids is 1. The molecule has 1 amide bonds. The number of rotatable bonds is 6. The Bertz CT molecular complexity index is 848. The van der Waals surface area contributed by atoms with Crippen LogP contribution < -0.4 is 9.64 Å². The molecule has 1 aliphatic heterocycles. The molecule has 2 aromatic carbocycles. The number of aromatic hydroxyl groups is 1. The van der Waals surface area contributed by atoms with Crippen LogP contribution in [-0.4, -0.2) is 42.2 Å². The van der Waals surface area contributed by atoms with Gasteiger partial charge in [-0.2, -0.15) is 0 Å². The molecule has 0 bridgehead atoms. The van der Waals surface area contributed by atoms with Crippen molar-refractivity contribution >= 4 is 23.2 Å². The zero-order valence-electron chi connectivity index (χ0n) is 17.3. The fraction of sp³-hybridized carbons (Fsp3) is 0.435. The van der Waals surface area contributed by atoms with E-state index in [9.17, 15) is 9.90 Å². The molecule has 0 atom stereocenters. The summed E-state index contributed by atoms with van der Waals surface area (Å²) >= 11 is 6.07. The standard InChI is InChI=1S/C23H29ClN2O3/c1-16(2)23(28)26(20-5-4-6-21(14-20)29-3)19-9-11-25(12-10-19)15-17-13-18(24)7-8-22(17)27/h4-8,13-14,16,19,27H,9-12,15H2,1-3H3. The van der Waals surface area contributed by atoms with Crippen LogP contribution in [0, 0.1) is 5.92 Å². The van der Waals surface area contributed by atoms with Crippen LogP contribution >= 0.6 is 11.6 Å². The maximum absolute atomic E-state index is 13.0. The molecule has 0 unspecified atom stereocenters. The predicted molar refractivity (Wildman–Crippen MR) is 117 cm³/mol. The molecule has 3 rings (SSSR count). The van der Waals surface area contributed by atoms with Crippen LogP contribution in [0.25, 0.3) is 0 Å². The van der Waals surface area contributed by atoms with Crippen LogP contribution in [0.15, 0.2) is 42.5 Å². The minimum absolute atomic E-state index is 0.0809. The van der Waals surface area contributed by atoms with Crippen molar-refractivity contribution in [3.63, 3.8) is 0 Å². The van der Waals surface area contributed by atoms with E-state index >= 15 is 0 Å². The van der Waals surface area contributed by atoms with Crippen molar-refractivity contribution in [2.24, 2.45) is 5.92 Å². The molecule has 0 radical (unpaired) electrons. The van der Waals surface area contributed by atoms with Gasteiger partial charge >= 0.3 is 0 Å². The highest BCUT2D eigenvalue weighted by Gasteiger charge is 2.30. The maximum atomic E-state index is 13.0. The summed E-state index contributed by atoms with van der Waals surface area (Å²) in [5.74, 6) is 1.06. The van der Waals surface area contributed by atoms with E-state index < -0.39 is 0 Å². The van der Waals surface area contributed by atoms with Crippen LogP contribution in [0.5, 0.6) is 11.5 Å². The minimum atomic E-state index is -0.0809. The van der Waals surface area contributed by atoms with Crippen LogP contribution in [0.4, 0.5) is 5.69 Å². The Hall–Kier alpha value is -2.24. The second kappa shape index (κ2) is 9.51. The van der Waals surface area contributed by atoms with E-state index in [1.54, 1.807) is 19.2 Å². The molecular formula is C23H29ClN2O3. The van der Waals surface area contributed by atoms with Crippen molar-refractivity contribution in [3.8, 4) is 11.5 Å². The Morgan fingerprint density at radius 1 is 1.24 bits per heavy atom. The first-order chi connectivity index (χ1) is 13.9. The fourth-order valence-electron chi connectivity index (χ4n) is 3.81. The molecule has 1 N–H and O–H groups in total. The van der Waals surface area contributed by atoms with Crippen molar-refractivity contribution in [1.82, 2.24) is 4.90 Å². The lowest BCUT2D eigenvalue weighted by molar-refractivity contribution is -0.122. The van der Waals surface area contributed by atoms with E-state index in [0.717, 1.165) is 42.9 Å². The number of methoxy groups -OCH3 is 1. The van der Waals surface area contributed by atoms with Gasteiger partial charge in [-0.05, 0) is 43.2 Å². The van der Waals surface area contributed by atoms with Gasteiger partial charge in [0.1, 0.15) is 11.5 Å². The van der Waals surface area contributed by atoms with Crippen molar-refractivity contribution in [2.75, 3.05) is 25.1 Å². The predicted octanol–water partition coefficient (Wildman–Crippen LogP) is 4.71. The Kier molecular flexibility index (Phi) is 7.04. The number of likely N-dealkylation sites (tertiary alicyclic amines) is 1. The SMILES string of the molecule is COc1cccc(N(C(=O)C(C)C)C2CCN(Cc3cc(Cl)ccc3O)CC2)c1. The van der Waals surface area contributed by atoms with Gasteiger partial charge in [0.15, 0.2) is 0 Å². The molecule has 5 nitrogen and oxygen atoms in total. The zero-order valence-corrected chi connectivity index (χ0v) is 18.0. The fourth-order valence-corrected chi connectivity index (χ4v) is 4.01. The molecule has 0 aromatic heterocycles. The molecule has 2 aromatic rings. The van der Waals surface area contributed by atoms with Crippen LogP contribution in [0.1, 0.15) is 32.3 Å². The second-order valence-corrected chi connectivity index (χ2v) is 8.28. The number of halogens is 1. The third kappa shape index (κ3) is 5.22. The Morgan fingerprint density at radius 2 is 1.97 bits per heavy atom. The number of phenols is 1. The van der Waals surface area contributed by atoms with Crippen molar-refractivity contribution in [1.29, 1.82) is 0 Å². The maximum Gasteiger partial charge on any atom is 0.229 e. The Balaban J connectivity index is 1.73. The van der Waals surface area contributed by atoms with E-state index in [4.69, 9.17) is 16.3 Å². The van der Waals surface area contributed by atoms with Gasteiger partial charge in [-0.1, -0.05) is 31.5 Å². The number of piperidine rings is 1. The van der Waals surface area contributed by atoms with Crippen molar-refractivity contribution in [3.05, 3.63) is 53.1 Å². The molecule has 29 heavy (non-hydrogen) atoms. The second-order valence-electron chi connectivity index (χ2n) is 7.84. The highest BCUT2D eigenvalue weighted by Crippen LogP contribution is 2.30. The number of ether oxygens (including phenoxy) is 1. The average molecular weight is 417 g/mol. The zero-order chi connectivity index (χ0) is 21.0. The molecule has 1 heterocycles. The summed E-state index contributed by atoms with van der Waals surface area (Å²) in [6, 6.07) is 13.0. The van der Waals surface area contributed by atoms with Gasteiger partial charge in [0, 0.05) is 53.9 Å². The van der Waals surface area contributed by atoms with Gasteiger partial charge in [-0.25, -0.2) is 0 Å². The van der Waals surface area contributed by atoms with E-state index in [-0.39, 0.29) is 23.6 Å². The highest BCUT2D eigenvalue weighted by molar-refractivity contribution is 6.30. The molecule has 0 aliphatic carbocycles. The van der Waals surface area contributed by atoms with Gasteiger partial charge in [0.25, 0.3) is 0 Å². The van der Waals surface area contributed by atoms with Crippen LogP contribution in [-0.2, 0) is 11.3 Å². The number of anilines is 1. The summed E-state index contributed by atoms with van der Waals surface area (Å²) in [6.45, 7) is 6.22. The molecule has 1 fully saturated rings. The molecule has 0 spiro atoms. The molecule has 156 valence electrons. The summed E-state index contributed by atoms with van der Waals surface area (Å²) in [7, 11) is 1.64. The van der Waals surface area contributed by atoms with Gasteiger partial charge in [0.05, 0.1) is 7.11 Å². The van der Waals surface area contributed by atoms with E-state index in [1.165, 1.54) is 0 Å². The number of phenolic OH excluding ortho intramolecular Hbond substituents is 1. The van der Waals surface area contributed by atoms with E-state index in [1.807, 2.05) is 49.1 Å². The minimum Gasteiger partial charge on any atom is -0.508 e. The van der Waals surface area contributed by atoms with E-state index in [2.05, 4.69) is 4.90 Å². The summed E-state index contributed by atoms with van der Waals surface area (Å²) in [4.78, 5) is 17.3. The van der Waals surface area contributed by atoms with E-state index in [0.29, 0.717) is 11.6 Å². The van der Waals surface area contributed by atoms with Crippen LogP contribution in [0.3, 0.4) is 0 Å². The van der Waals surface area contributed by atoms with Gasteiger partial charge in [-0.15, -0.1) is 0 Å². The van der Waals surface area contributed by atoms with Gasteiger partial charge < -0.3 is 14.7 Å². The summed E-state index contributed by atoms with van der Waals surface area (Å²) < 4.78 is 5.36. The molecular weight excluding hydrogens is 388 g/mol. The number of hydrogen-bond donors (Lipinski definition) is 1. The molecule has 1 saturated heterocycles. The summed E-state index contributed by atoms with van der Waals surface area (Å²) in [5.41, 5.74) is 1.72. The summed E-state index contributed by atoms with van der Waals surface area (Å²) in [5, 5.41) is 10.7.